The number of nitrogens with one attached hydrogen (secondary N) is 1. The molecule has 0 saturated carbocycles. The Morgan fingerprint density at radius 2 is 1.84 bits per heavy atom. The fourth-order valence-electron chi connectivity index (χ4n) is 6.19. The quantitative estimate of drug-likeness (QED) is 0.165. The maximum Gasteiger partial charge on any atom is 0.295 e. The zero-order valence-electron chi connectivity index (χ0n) is 25.6. The molecule has 2 aromatic carbocycles. The van der Waals surface area contributed by atoms with Crippen LogP contribution in [0.4, 0.5) is 0 Å². The van der Waals surface area contributed by atoms with Crippen LogP contribution in [0.2, 0.25) is 0 Å². The van der Waals surface area contributed by atoms with Crippen LogP contribution in [0, 0.1) is 0 Å². The third kappa shape index (κ3) is 6.99. The van der Waals surface area contributed by atoms with Crippen molar-refractivity contribution < 1.29 is 38.5 Å². The molecule has 3 aliphatic heterocycles. The maximum absolute atomic E-state index is 14.1. The van der Waals surface area contributed by atoms with Gasteiger partial charge in [0.25, 0.3) is 5.91 Å². The first-order valence-electron chi connectivity index (χ1n) is 15.8. The number of likely N-dealkylation sites (tertiary alicyclic amines) is 1. The van der Waals surface area contributed by atoms with Crippen molar-refractivity contribution in [3.63, 3.8) is 0 Å². The number of amides is 1. The van der Waals surface area contributed by atoms with E-state index >= 15 is 0 Å². The Bertz CT molecular complexity index is 1330. The molecule has 0 aromatic heterocycles. The van der Waals surface area contributed by atoms with Gasteiger partial charge >= 0.3 is 0 Å². The van der Waals surface area contributed by atoms with Crippen LogP contribution < -0.4 is 24.2 Å². The molecule has 43 heavy (non-hydrogen) atoms. The molecule has 2 unspecified atom stereocenters. The molecule has 1 N–H and O–H groups in total. The van der Waals surface area contributed by atoms with Crippen molar-refractivity contribution in [1.29, 1.82) is 0 Å². The number of Topliss-reactive ketones (excluding diaryl/α,β-unsaturated/α-hetero) is 1. The molecular weight excluding hydrogens is 548 g/mol. The highest BCUT2D eigenvalue weighted by Crippen LogP contribution is 2.42. The number of nitrogens with zero attached hydrogens (tertiary/aromatic N) is 1. The van der Waals surface area contributed by atoms with Crippen LogP contribution >= 0.6 is 0 Å². The number of morpholine rings is 1. The van der Waals surface area contributed by atoms with E-state index in [1.54, 1.807) is 23.1 Å². The molecule has 0 aliphatic carbocycles. The van der Waals surface area contributed by atoms with E-state index in [-0.39, 0.29) is 11.7 Å². The highest BCUT2D eigenvalue weighted by Gasteiger charge is 2.44. The Morgan fingerprint density at radius 1 is 1.02 bits per heavy atom. The SMILES string of the molecule is CCCCCOc1ccc(C2C(=C([O-])c3ccc4c(c3)CC(C)O4)C(=O)C(=O)N2CCC[NH+]2CCOCC2)cc1OCC. The van der Waals surface area contributed by atoms with Crippen molar-refractivity contribution in [1.82, 2.24) is 4.90 Å². The summed E-state index contributed by atoms with van der Waals surface area (Å²) in [4.78, 5) is 30.1. The molecule has 2 aromatic rings. The Kier molecular flexibility index (Phi) is 10.3. The number of carbonyl (C=O) groups is 2. The fraction of sp³-hybridized carbons (Fsp3) is 0.529. The molecule has 0 radical (unpaired) electrons. The summed E-state index contributed by atoms with van der Waals surface area (Å²) in [6, 6.07) is 9.94. The Hall–Kier alpha value is -3.56. The molecule has 2 fully saturated rings. The third-order valence-electron chi connectivity index (χ3n) is 8.41. The minimum Gasteiger partial charge on any atom is -0.872 e. The zero-order valence-corrected chi connectivity index (χ0v) is 25.6. The van der Waals surface area contributed by atoms with Crippen LogP contribution in [0.15, 0.2) is 42.0 Å². The van der Waals surface area contributed by atoms with Crippen LogP contribution in [0.5, 0.6) is 17.2 Å². The summed E-state index contributed by atoms with van der Waals surface area (Å²) in [6.45, 7) is 11.5. The second kappa shape index (κ2) is 14.3. The molecule has 9 nitrogen and oxygen atoms in total. The summed E-state index contributed by atoms with van der Waals surface area (Å²) < 4.78 is 23.3. The molecule has 0 bridgehead atoms. The smallest absolute Gasteiger partial charge is 0.295 e. The van der Waals surface area contributed by atoms with Crippen molar-refractivity contribution >= 4 is 17.4 Å². The molecule has 2 atom stereocenters. The van der Waals surface area contributed by atoms with Crippen LogP contribution in [-0.2, 0) is 20.7 Å². The summed E-state index contributed by atoms with van der Waals surface area (Å²) in [6.07, 6.45) is 4.53. The first-order chi connectivity index (χ1) is 20.9. The van der Waals surface area contributed by atoms with Gasteiger partial charge in [-0.15, -0.1) is 0 Å². The van der Waals surface area contributed by atoms with Crippen LogP contribution in [0.25, 0.3) is 5.76 Å². The normalized spacial score (nSPS) is 21.6. The van der Waals surface area contributed by atoms with Gasteiger partial charge in [-0.1, -0.05) is 37.7 Å². The summed E-state index contributed by atoms with van der Waals surface area (Å²) in [5.41, 5.74) is 1.96. The van der Waals surface area contributed by atoms with Crippen LogP contribution in [0.3, 0.4) is 0 Å². The van der Waals surface area contributed by atoms with Gasteiger partial charge in [0, 0.05) is 25.0 Å². The highest BCUT2D eigenvalue weighted by atomic mass is 16.5. The number of rotatable bonds is 13. The van der Waals surface area contributed by atoms with Gasteiger partial charge < -0.3 is 33.9 Å². The largest absolute Gasteiger partial charge is 0.872 e. The predicted octanol–water partition coefficient (Wildman–Crippen LogP) is 2.51. The van der Waals surface area contributed by atoms with Crippen molar-refractivity contribution in [2.75, 3.05) is 52.6 Å². The van der Waals surface area contributed by atoms with E-state index in [1.807, 2.05) is 32.0 Å². The summed E-state index contributed by atoms with van der Waals surface area (Å²) in [5.74, 6) is 0.0994. The van der Waals surface area contributed by atoms with Gasteiger partial charge in [0.15, 0.2) is 11.5 Å². The number of benzene rings is 2. The molecule has 5 rings (SSSR count). The number of quaternary nitrogens is 1. The van der Waals surface area contributed by atoms with Gasteiger partial charge in [0.1, 0.15) is 24.9 Å². The van der Waals surface area contributed by atoms with E-state index in [4.69, 9.17) is 18.9 Å². The number of fused-ring (bicyclic) bond motifs is 1. The van der Waals surface area contributed by atoms with Gasteiger partial charge in [-0.05, 0) is 61.2 Å². The number of hydrogen-bond donors (Lipinski definition) is 1. The van der Waals surface area contributed by atoms with Crippen molar-refractivity contribution in [2.45, 2.75) is 65.0 Å². The first kappa shape index (κ1) is 30.9. The Morgan fingerprint density at radius 3 is 2.60 bits per heavy atom. The third-order valence-corrected chi connectivity index (χ3v) is 8.41. The van der Waals surface area contributed by atoms with E-state index < -0.39 is 23.5 Å². The van der Waals surface area contributed by atoms with Crippen molar-refractivity contribution in [2.24, 2.45) is 0 Å². The van der Waals surface area contributed by atoms with Crippen molar-refractivity contribution in [3.8, 4) is 17.2 Å². The second-order valence-corrected chi connectivity index (χ2v) is 11.6. The lowest BCUT2D eigenvalue weighted by molar-refractivity contribution is -0.908. The lowest BCUT2D eigenvalue weighted by Crippen LogP contribution is -3.14. The van der Waals surface area contributed by atoms with Crippen LogP contribution in [-0.4, -0.2) is 75.3 Å². The van der Waals surface area contributed by atoms with Gasteiger partial charge in [0.2, 0.25) is 5.78 Å². The average molecular weight is 593 g/mol. The zero-order chi connectivity index (χ0) is 30.3. The van der Waals surface area contributed by atoms with E-state index in [9.17, 15) is 14.7 Å². The molecule has 9 heteroatoms. The van der Waals surface area contributed by atoms with Gasteiger partial charge in [-0.2, -0.15) is 0 Å². The maximum atomic E-state index is 14.1. The monoisotopic (exact) mass is 592 g/mol. The number of hydrogen-bond acceptors (Lipinski definition) is 7. The van der Waals surface area contributed by atoms with E-state index in [1.165, 1.54) is 4.90 Å². The first-order valence-corrected chi connectivity index (χ1v) is 15.8. The lowest BCUT2D eigenvalue weighted by atomic mass is 9.94. The minimum atomic E-state index is -0.816. The van der Waals surface area contributed by atoms with Gasteiger partial charge in [0.05, 0.1) is 39.0 Å². The summed E-state index contributed by atoms with van der Waals surface area (Å²) >= 11 is 0. The fourth-order valence-corrected chi connectivity index (χ4v) is 6.19. The highest BCUT2D eigenvalue weighted by molar-refractivity contribution is 6.46. The Balaban J connectivity index is 1.49. The van der Waals surface area contributed by atoms with Gasteiger partial charge in [-0.3, -0.25) is 9.59 Å². The molecule has 232 valence electrons. The second-order valence-electron chi connectivity index (χ2n) is 11.6. The predicted molar refractivity (Wildman–Crippen MR) is 160 cm³/mol. The standard InChI is InChI=1S/C34H44N2O7/c1-4-6-7-17-42-28-12-9-24(22-29(28)41-5-2)31-30(32(37)25-10-11-27-26(21-25)20-23(3)43-27)33(38)34(39)36(31)14-8-13-35-15-18-40-19-16-35/h9-12,21-23,31,37H,4-8,13-20H2,1-3H3. The number of ketones is 1. The van der Waals surface area contributed by atoms with E-state index in [0.717, 1.165) is 63.4 Å². The lowest BCUT2D eigenvalue weighted by Gasteiger charge is -2.29. The van der Waals surface area contributed by atoms with Crippen LogP contribution in [0.1, 0.15) is 69.2 Å². The van der Waals surface area contributed by atoms with E-state index in [0.29, 0.717) is 55.2 Å². The molecular formula is C34H44N2O7. The van der Waals surface area contributed by atoms with Crippen molar-refractivity contribution in [3.05, 3.63) is 58.7 Å². The van der Waals surface area contributed by atoms with E-state index in [2.05, 4.69) is 6.92 Å². The molecule has 0 spiro atoms. The minimum absolute atomic E-state index is 0.0188. The number of ether oxygens (including phenoxy) is 4. The summed E-state index contributed by atoms with van der Waals surface area (Å²) in [5, 5.41) is 14.1. The average Bonchev–Trinajstić information content (AvgIpc) is 3.51. The Labute approximate surface area is 254 Å². The number of carbonyl (C=O) groups excluding carboxylic acids is 2. The molecule has 3 aliphatic rings. The topological polar surface area (TPSA) is 102 Å². The summed E-state index contributed by atoms with van der Waals surface area (Å²) in [7, 11) is 0. The molecule has 3 heterocycles. The number of unbranched alkanes of at least 4 members (excludes halogenated alkanes) is 2. The molecule has 1 amide bonds. The van der Waals surface area contributed by atoms with Gasteiger partial charge in [-0.25, -0.2) is 0 Å². The molecule has 2 saturated heterocycles.